The molecule has 6 heteroatoms. The van der Waals surface area contributed by atoms with Gasteiger partial charge in [-0.25, -0.2) is 4.39 Å². The molecule has 0 spiro atoms. The molecule has 0 radical (unpaired) electrons. The van der Waals surface area contributed by atoms with Crippen LogP contribution in [-0.4, -0.2) is 57.7 Å². The van der Waals surface area contributed by atoms with E-state index >= 15 is 0 Å². The van der Waals surface area contributed by atoms with Crippen molar-refractivity contribution < 1.29 is 9.18 Å². The maximum atomic E-state index is 14.0. The van der Waals surface area contributed by atoms with Gasteiger partial charge in [-0.15, -0.1) is 0 Å². The summed E-state index contributed by atoms with van der Waals surface area (Å²) in [6.45, 7) is 3.68. The molecule has 0 bridgehead atoms. The minimum atomic E-state index is -0.204. The van der Waals surface area contributed by atoms with E-state index in [1.807, 2.05) is 29.9 Å². The molecule has 2 aromatic rings. The monoisotopic (exact) mass is 398 g/mol. The molecule has 0 aliphatic carbocycles. The molecule has 156 valence electrons. The number of amides is 1. The highest BCUT2D eigenvalue weighted by molar-refractivity contribution is 5.77. The van der Waals surface area contributed by atoms with Crippen LogP contribution < -0.4 is 0 Å². The third kappa shape index (κ3) is 4.22. The van der Waals surface area contributed by atoms with Crippen molar-refractivity contribution in [2.24, 2.45) is 0 Å². The summed E-state index contributed by atoms with van der Waals surface area (Å²) in [5.74, 6) is 0.119. The molecule has 2 aliphatic rings. The van der Waals surface area contributed by atoms with Gasteiger partial charge in [0, 0.05) is 43.9 Å². The molecular formula is C23H31FN4O. The first-order chi connectivity index (χ1) is 14.0. The quantitative estimate of drug-likeness (QED) is 0.786. The van der Waals surface area contributed by atoms with Crippen molar-refractivity contribution in [2.75, 3.05) is 20.1 Å². The van der Waals surface area contributed by atoms with E-state index in [4.69, 9.17) is 0 Å². The zero-order valence-corrected chi connectivity index (χ0v) is 17.4. The second-order valence-corrected chi connectivity index (χ2v) is 8.63. The summed E-state index contributed by atoms with van der Waals surface area (Å²) in [7, 11) is 2.15. The maximum Gasteiger partial charge on any atom is 0.225 e. The fourth-order valence-corrected chi connectivity index (χ4v) is 5.20. The van der Waals surface area contributed by atoms with E-state index in [1.54, 1.807) is 18.3 Å². The molecule has 2 aliphatic heterocycles. The van der Waals surface area contributed by atoms with Crippen LogP contribution in [0.1, 0.15) is 56.6 Å². The zero-order chi connectivity index (χ0) is 20.4. The van der Waals surface area contributed by atoms with E-state index in [9.17, 15) is 9.18 Å². The normalized spacial score (nSPS) is 26.6. The Morgan fingerprint density at radius 1 is 1.28 bits per heavy atom. The minimum Gasteiger partial charge on any atom is -0.337 e. The van der Waals surface area contributed by atoms with Gasteiger partial charge in [-0.05, 0) is 50.6 Å². The number of halogens is 1. The fraction of sp³-hybridized carbons (Fsp3) is 0.565. The first kappa shape index (κ1) is 20.1. The number of aromatic nitrogens is 2. The van der Waals surface area contributed by atoms with E-state index in [0.717, 1.165) is 37.9 Å². The van der Waals surface area contributed by atoms with Crippen LogP contribution in [0.2, 0.25) is 0 Å². The lowest BCUT2D eigenvalue weighted by atomic mass is 9.86. The van der Waals surface area contributed by atoms with E-state index < -0.39 is 0 Å². The first-order valence-corrected chi connectivity index (χ1v) is 10.8. The maximum absolute atomic E-state index is 14.0. The number of hydrogen-bond donors (Lipinski definition) is 0. The summed E-state index contributed by atoms with van der Waals surface area (Å²) in [6.07, 6.45) is 8.56. The highest BCUT2D eigenvalue weighted by Gasteiger charge is 2.45. The lowest BCUT2D eigenvalue weighted by Crippen LogP contribution is -2.50. The second-order valence-electron chi connectivity index (χ2n) is 8.63. The third-order valence-electron chi connectivity index (χ3n) is 6.66. The van der Waals surface area contributed by atoms with Crippen LogP contribution in [-0.2, 0) is 4.79 Å². The Hall–Kier alpha value is -2.21. The standard InChI is InChI=1S/C23H31FN4O/c1-17(28-13-7-11-25-28)14-22(29)27-12-5-3-4-10-21-23(27)20(16-26(21)2)18-8-6-9-19(24)15-18/h6-9,11,13,15,17,20-21,23H,3-5,10,12,14,16H2,1-2H3/t17?,20-,21+,23-/m0/s1. The van der Waals surface area contributed by atoms with Gasteiger partial charge in [0.25, 0.3) is 0 Å². The average Bonchev–Trinajstić information content (AvgIpc) is 3.30. The number of nitrogens with zero attached hydrogens (tertiary/aromatic N) is 4. The summed E-state index contributed by atoms with van der Waals surface area (Å²) < 4.78 is 15.8. The second kappa shape index (κ2) is 8.66. The van der Waals surface area contributed by atoms with Crippen molar-refractivity contribution >= 4 is 5.91 Å². The summed E-state index contributed by atoms with van der Waals surface area (Å²) >= 11 is 0. The fourth-order valence-electron chi connectivity index (χ4n) is 5.20. The molecular weight excluding hydrogens is 367 g/mol. The Labute approximate surface area is 172 Å². The Bertz CT molecular complexity index is 824. The molecule has 1 unspecified atom stereocenters. The van der Waals surface area contributed by atoms with Gasteiger partial charge < -0.3 is 9.80 Å². The van der Waals surface area contributed by atoms with Gasteiger partial charge in [-0.2, -0.15) is 5.10 Å². The van der Waals surface area contributed by atoms with Gasteiger partial charge in [0.15, 0.2) is 0 Å². The number of hydrogen-bond acceptors (Lipinski definition) is 3. The predicted octanol–water partition coefficient (Wildman–Crippen LogP) is 3.84. The van der Waals surface area contributed by atoms with Crippen molar-refractivity contribution in [3.63, 3.8) is 0 Å². The number of likely N-dealkylation sites (N-methyl/N-ethyl adjacent to an activating group) is 1. The van der Waals surface area contributed by atoms with Crippen LogP contribution in [0.25, 0.3) is 0 Å². The number of fused-ring (bicyclic) bond motifs is 1. The van der Waals surface area contributed by atoms with Crippen LogP contribution in [0.4, 0.5) is 4.39 Å². The lowest BCUT2D eigenvalue weighted by Gasteiger charge is -2.39. The molecule has 0 N–H and O–H groups in total. The zero-order valence-electron chi connectivity index (χ0n) is 17.4. The number of benzene rings is 1. The van der Waals surface area contributed by atoms with E-state index in [-0.39, 0.29) is 29.7 Å². The van der Waals surface area contributed by atoms with Crippen LogP contribution >= 0.6 is 0 Å². The lowest BCUT2D eigenvalue weighted by molar-refractivity contribution is -0.135. The first-order valence-electron chi connectivity index (χ1n) is 10.8. The molecule has 0 saturated carbocycles. The SMILES string of the molecule is CC(CC(=O)N1CCCCC[C@@H]2[C@@H]1[C@H](c1cccc(F)c1)CN2C)n1cccn1. The van der Waals surface area contributed by atoms with Gasteiger partial charge in [0.2, 0.25) is 5.91 Å². The molecule has 4 atom stereocenters. The predicted molar refractivity (Wildman–Crippen MR) is 111 cm³/mol. The smallest absolute Gasteiger partial charge is 0.225 e. The third-order valence-corrected chi connectivity index (χ3v) is 6.66. The van der Waals surface area contributed by atoms with Crippen LogP contribution in [0.15, 0.2) is 42.7 Å². The molecule has 2 fully saturated rings. The summed E-state index contributed by atoms with van der Waals surface area (Å²) in [6, 6.07) is 9.27. The molecule has 1 aromatic carbocycles. The Balaban J connectivity index is 1.62. The van der Waals surface area contributed by atoms with E-state index in [2.05, 4.69) is 21.9 Å². The molecule has 3 heterocycles. The Kier molecular flexibility index (Phi) is 5.99. The average molecular weight is 399 g/mol. The van der Waals surface area contributed by atoms with Crippen molar-refractivity contribution in [1.29, 1.82) is 0 Å². The molecule has 1 aromatic heterocycles. The van der Waals surface area contributed by atoms with Crippen molar-refractivity contribution in [3.05, 3.63) is 54.1 Å². The molecule has 4 rings (SSSR count). The van der Waals surface area contributed by atoms with Crippen LogP contribution in [0, 0.1) is 5.82 Å². The van der Waals surface area contributed by atoms with E-state index in [1.165, 1.54) is 12.5 Å². The van der Waals surface area contributed by atoms with Crippen molar-refractivity contribution in [2.45, 2.75) is 63.1 Å². The van der Waals surface area contributed by atoms with Crippen LogP contribution in [0.5, 0.6) is 0 Å². The molecule has 29 heavy (non-hydrogen) atoms. The summed E-state index contributed by atoms with van der Waals surface area (Å²) in [5.41, 5.74) is 1.00. The highest BCUT2D eigenvalue weighted by atomic mass is 19.1. The topological polar surface area (TPSA) is 41.4 Å². The molecule has 5 nitrogen and oxygen atoms in total. The van der Waals surface area contributed by atoms with Gasteiger partial charge in [0.1, 0.15) is 5.82 Å². The minimum absolute atomic E-state index is 0.0214. The summed E-state index contributed by atoms with van der Waals surface area (Å²) in [5, 5.41) is 4.29. The molecule has 1 amide bonds. The highest BCUT2D eigenvalue weighted by Crippen LogP contribution is 2.39. The van der Waals surface area contributed by atoms with Gasteiger partial charge >= 0.3 is 0 Å². The van der Waals surface area contributed by atoms with E-state index in [0.29, 0.717) is 12.5 Å². The van der Waals surface area contributed by atoms with Gasteiger partial charge in [-0.3, -0.25) is 9.48 Å². The molecule has 2 saturated heterocycles. The number of carbonyl (C=O) groups is 1. The van der Waals surface area contributed by atoms with Gasteiger partial charge in [0.05, 0.1) is 12.1 Å². The number of likely N-dealkylation sites (tertiary alicyclic amines) is 2. The van der Waals surface area contributed by atoms with Crippen molar-refractivity contribution in [3.8, 4) is 0 Å². The Morgan fingerprint density at radius 3 is 2.90 bits per heavy atom. The summed E-state index contributed by atoms with van der Waals surface area (Å²) in [4.78, 5) is 17.9. The number of carbonyl (C=O) groups excluding carboxylic acids is 1. The number of rotatable bonds is 4. The largest absolute Gasteiger partial charge is 0.337 e. The Morgan fingerprint density at radius 2 is 2.14 bits per heavy atom. The van der Waals surface area contributed by atoms with Gasteiger partial charge in [-0.1, -0.05) is 25.0 Å². The van der Waals surface area contributed by atoms with Crippen LogP contribution in [0.3, 0.4) is 0 Å². The van der Waals surface area contributed by atoms with Crippen molar-refractivity contribution in [1.82, 2.24) is 19.6 Å².